The third-order valence-corrected chi connectivity index (χ3v) is 4.71. The molecule has 0 bridgehead atoms. The summed E-state index contributed by atoms with van der Waals surface area (Å²) in [5.74, 6) is 0.0169. The summed E-state index contributed by atoms with van der Waals surface area (Å²) in [5, 5.41) is 6.01. The second-order valence-electron chi connectivity index (χ2n) is 5.68. The molecular weight excluding hydrogens is 296 g/mol. The quantitative estimate of drug-likeness (QED) is 0.943. The van der Waals surface area contributed by atoms with Crippen molar-refractivity contribution in [3.8, 4) is 0 Å². The minimum atomic E-state index is -0.0284. The molecular formula is C17H20N2O2S. The first-order valence-electron chi connectivity index (χ1n) is 7.56. The van der Waals surface area contributed by atoms with Crippen molar-refractivity contribution in [3.63, 3.8) is 0 Å². The molecule has 1 aromatic carbocycles. The fourth-order valence-corrected chi connectivity index (χ4v) is 3.67. The van der Waals surface area contributed by atoms with Crippen LogP contribution in [0.2, 0.25) is 0 Å². The summed E-state index contributed by atoms with van der Waals surface area (Å²) in [5.41, 5.74) is 1.26. The van der Waals surface area contributed by atoms with Crippen LogP contribution < -0.4 is 5.32 Å². The van der Waals surface area contributed by atoms with E-state index in [1.54, 1.807) is 24.5 Å². The Labute approximate surface area is 134 Å². The summed E-state index contributed by atoms with van der Waals surface area (Å²) < 4.78 is 6.24. The average molecular weight is 316 g/mol. The van der Waals surface area contributed by atoms with Crippen LogP contribution in [0.1, 0.15) is 36.4 Å². The van der Waals surface area contributed by atoms with E-state index in [2.05, 4.69) is 22.4 Å². The first-order chi connectivity index (χ1) is 10.7. The maximum atomic E-state index is 11.4. The fraction of sp³-hybridized carbons (Fsp3) is 0.412. The van der Waals surface area contributed by atoms with Crippen molar-refractivity contribution < 1.29 is 9.53 Å². The smallest absolute Gasteiger partial charge is 0.217 e. The van der Waals surface area contributed by atoms with Crippen molar-refractivity contribution in [2.75, 3.05) is 0 Å². The Morgan fingerprint density at radius 3 is 2.86 bits per heavy atom. The van der Waals surface area contributed by atoms with Crippen molar-refractivity contribution >= 4 is 17.2 Å². The van der Waals surface area contributed by atoms with Gasteiger partial charge in [0.15, 0.2) is 0 Å². The summed E-state index contributed by atoms with van der Waals surface area (Å²) in [6.45, 7) is 1.57. The van der Waals surface area contributed by atoms with Crippen LogP contribution in [0.5, 0.6) is 0 Å². The van der Waals surface area contributed by atoms with Gasteiger partial charge in [0.05, 0.1) is 6.10 Å². The van der Waals surface area contributed by atoms with Gasteiger partial charge < -0.3 is 10.1 Å². The van der Waals surface area contributed by atoms with Crippen LogP contribution in [-0.2, 0) is 16.0 Å². The number of thiazole rings is 1. The lowest BCUT2D eigenvalue weighted by Gasteiger charge is -2.35. The predicted octanol–water partition coefficient (Wildman–Crippen LogP) is 3.11. The summed E-state index contributed by atoms with van der Waals surface area (Å²) >= 11 is 1.61. The molecule has 3 atom stereocenters. The van der Waals surface area contributed by atoms with Crippen LogP contribution in [0, 0.1) is 0 Å². The number of aromatic nitrogens is 1. The Morgan fingerprint density at radius 2 is 2.18 bits per heavy atom. The summed E-state index contributed by atoms with van der Waals surface area (Å²) in [6, 6.07) is 10.5. The first-order valence-corrected chi connectivity index (χ1v) is 8.44. The summed E-state index contributed by atoms with van der Waals surface area (Å²) in [6.07, 6.45) is 4.37. The molecule has 4 nitrogen and oxygen atoms in total. The van der Waals surface area contributed by atoms with Crippen molar-refractivity contribution in [2.45, 2.75) is 44.4 Å². The van der Waals surface area contributed by atoms with Gasteiger partial charge >= 0.3 is 0 Å². The molecule has 2 aromatic rings. The van der Waals surface area contributed by atoms with E-state index in [4.69, 9.17) is 4.74 Å². The van der Waals surface area contributed by atoms with E-state index < -0.39 is 0 Å². The summed E-state index contributed by atoms with van der Waals surface area (Å²) in [4.78, 5) is 15.8. The van der Waals surface area contributed by atoms with Crippen molar-refractivity contribution in [2.24, 2.45) is 0 Å². The van der Waals surface area contributed by atoms with Gasteiger partial charge in [-0.3, -0.25) is 4.79 Å². The van der Waals surface area contributed by atoms with Crippen molar-refractivity contribution in [3.05, 3.63) is 52.5 Å². The van der Waals surface area contributed by atoms with E-state index in [1.165, 1.54) is 5.56 Å². The summed E-state index contributed by atoms with van der Waals surface area (Å²) in [7, 11) is 0. The number of rotatable bonds is 4. The largest absolute Gasteiger partial charge is 0.367 e. The Kier molecular flexibility index (Phi) is 4.85. The third kappa shape index (κ3) is 3.93. The van der Waals surface area contributed by atoms with E-state index >= 15 is 0 Å². The van der Waals surface area contributed by atoms with E-state index in [1.807, 2.05) is 23.6 Å². The highest BCUT2D eigenvalue weighted by Gasteiger charge is 2.32. The topological polar surface area (TPSA) is 51.2 Å². The van der Waals surface area contributed by atoms with Crippen LogP contribution in [0.15, 0.2) is 41.9 Å². The minimum absolute atomic E-state index is 0.0169. The Balaban J connectivity index is 1.72. The Morgan fingerprint density at radius 1 is 1.36 bits per heavy atom. The second kappa shape index (κ2) is 7.03. The van der Waals surface area contributed by atoms with E-state index in [-0.39, 0.29) is 24.2 Å². The monoisotopic (exact) mass is 316 g/mol. The predicted molar refractivity (Wildman–Crippen MR) is 86.7 cm³/mol. The number of ether oxygens (including phenoxy) is 1. The number of nitrogens with one attached hydrogen (secondary N) is 1. The molecule has 116 valence electrons. The van der Waals surface area contributed by atoms with Gasteiger partial charge in [0.2, 0.25) is 5.91 Å². The van der Waals surface area contributed by atoms with Gasteiger partial charge in [-0.2, -0.15) is 0 Å². The lowest BCUT2D eigenvalue weighted by Crippen LogP contribution is -2.42. The standard InChI is InChI=1S/C17H20N2O2S/c1-12(20)19-14-10-15(9-13-5-3-2-4-6-13)21-16(11-14)17-18-7-8-22-17/h2-8,14-16H,9-11H2,1H3,(H,19,20)/t14-,15+,16+/m0/s1. The van der Waals surface area contributed by atoms with Crippen LogP contribution in [0.25, 0.3) is 0 Å². The molecule has 3 rings (SSSR count). The van der Waals surface area contributed by atoms with Crippen molar-refractivity contribution in [1.29, 1.82) is 0 Å². The van der Waals surface area contributed by atoms with Crippen molar-refractivity contribution in [1.82, 2.24) is 10.3 Å². The molecule has 0 unspecified atom stereocenters. The Bertz CT molecular complexity index is 600. The SMILES string of the molecule is CC(=O)N[C@H]1C[C@@H](Cc2ccccc2)O[C@@H](c2nccs2)C1. The molecule has 0 radical (unpaired) electrons. The van der Waals surface area contributed by atoms with Crippen LogP contribution in [0.4, 0.5) is 0 Å². The van der Waals surface area contributed by atoms with E-state index in [0.717, 1.165) is 24.3 Å². The molecule has 1 saturated heterocycles. The molecule has 1 aliphatic heterocycles. The number of carbonyl (C=O) groups is 1. The molecule has 1 amide bonds. The molecule has 1 aliphatic rings. The maximum Gasteiger partial charge on any atom is 0.217 e. The van der Waals surface area contributed by atoms with Crippen LogP contribution in [-0.4, -0.2) is 23.0 Å². The van der Waals surface area contributed by atoms with Gasteiger partial charge in [0.1, 0.15) is 11.1 Å². The molecule has 1 aromatic heterocycles. The average Bonchev–Trinajstić information content (AvgIpc) is 3.01. The van der Waals surface area contributed by atoms with Gasteiger partial charge in [0.25, 0.3) is 0 Å². The van der Waals surface area contributed by atoms with Gasteiger partial charge in [0, 0.05) is 31.0 Å². The molecule has 0 spiro atoms. The molecule has 1 N–H and O–H groups in total. The minimum Gasteiger partial charge on any atom is -0.367 e. The maximum absolute atomic E-state index is 11.4. The van der Waals surface area contributed by atoms with E-state index in [0.29, 0.717) is 0 Å². The third-order valence-electron chi connectivity index (χ3n) is 3.84. The fourth-order valence-electron chi connectivity index (χ4n) is 2.98. The number of hydrogen-bond donors (Lipinski definition) is 1. The number of benzene rings is 1. The zero-order chi connectivity index (χ0) is 15.4. The zero-order valence-electron chi connectivity index (χ0n) is 12.6. The highest BCUT2D eigenvalue weighted by atomic mass is 32.1. The van der Waals surface area contributed by atoms with Gasteiger partial charge in [-0.05, 0) is 18.4 Å². The molecule has 5 heteroatoms. The first kappa shape index (κ1) is 15.2. The molecule has 0 saturated carbocycles. The lowest BCUT2D eigenvalue weighted by atomic mass is 9.94. The zero-order valence-corrected chi connectivity index (χ0v) is 13.4. The normalized spacial score (nSPS) is 24.9. The highest BCUT2D eigenvalue weighted by molar-refractivity contribution is 7.09. The lowest BCUT2D eigenvalue weighted by molar-refractivity contribution is -0.122. The van der Waals surface area contributed by atoms with Gasteiger partial charge in [-0.15, -0.1) is 11.3 Å². The van der Waals surface area contributed by atoms with Crippen LogP contribution in [0.3, 0.4) is 0 Å². The molecule has 22 heavy (non-hydrogen) atoms. The van der Waals surface area contributed by atoms with Crippen LogP contribution >= 0.6 is 11.3 Å². The number of amides is 1. The number of hydrogen-bond acceptors (Lipinski definition) is 4. The number of nitrogens with zero attached hydrogens (tertiary/aromatic N) is 1. The van der Waals surface area contributed by atoms with E-state index in [9.17, 15) is 4.79 Å². The Hall–Kier alpha value is -1.72. The van der Waals surface area contributed by atoms with Gasteiger partial charge in [-0.1, -0.05) is 30.3 Å². The molecule has 0 aliphatic carbocycles. The second-order valence-corrected chi connectivity index (χ2v) is 6.60. The molecule has 1 fully saturated rings. The molecule has 2 heterocycles. The van der Waals surface area contributed by atoms with Gasteiger partial charge in [-0.25, -0.2) is 4.98 Å². The number of carbonyl (C=O) groups excluding carboxylic acids is 1. The highest BCUT2D eigenvalue weighted by Crippen LogP contribution is 2.33.